The molecule has 26 heavy (non-hydrogen) atoms. The van der Waals surface area contributed by atoms with Crippen LogP contribution in [-0.4, -0.2) is 22.9 Å². The predicted molar refractivity (Wildman–Crippen MR) is 113 cm³/mol. The summed E-state index contributed by atoms with van der Waals surface area (Å²) in [5, 5.41) is 2.57. The van der Waals surface area contributed by atoms with Crippen molar-refractivity contribution in [2.45, 2.75) is 13.8 Å². The topological polar surface area (TPSA) is 72.6 Å². The van der Waals surface area contributed by atoms with Gasteiger partial charge in [-0.2, -0.15) is 9.69 Å². The fourth-order valence-electron chi connectivity index (χ4n) is 2.37. The third-order valence-electron chi connectivity index (χ3n) is 3.52. The van der Waals surface area contributed by atoms with Gasteiger partial charge >= 0.3 is 5.82 Å². The highest BCUT2D eigenvalue weighted by molar-refractivity contribution is 14.1. The van der Waals surface area contributed by atoms with Crippen LogP contribution in [0.1, 0.15) is 18.1 Å². The van der Waals surface area contributed by atoms with Gasteiger partial charge in [0.15, 0.2) is 0 Å². The Hall–Kier alpha value is -2.80. The number of alkyl halides is 1. The highest BCUT2D eigenvalue weighted by Crippen LogP contribution is 2.29. The second-order valence-electron chi connectivity index (χ2n) is 4.85. The lowest BCUT2D eigenvalue weighted by Gasteiger charge is -2.17. The van der Waals surface area contributed by atoms with Crippen LogP contribution in [0, 0.1) is 32.5 Å². The molecule has 0 saturated heterocycles. The highest BCUT2D eigenvalue weighted by Gasteiger charge is 2.27. The van der Waals surface area contributed by atoms with Gasteiger partial charge in [0.1, 0.15) is 18.8 Å². The first-order valence-corrected chi connectivity index (χ1v) is 9.46. The van der Waals surface area contributed by atoms with Gasteiger partial charge in [-0.25, -0.2) is 0 Å². The molecule has 1 aliphatic heterocycles. The first-order chi connectivity index (χ1) is 12.0. The maximum atomic E-state index is 12.1. The van der Waals surface area contributed by atoms with Crippen molar-refractivity contribution >= 4 is 39.8 Å². The van der Waals surface area contributed by atoms with Gasteiger partial charge < -0.3 is 15.7 Å². The number of carbonyl (C=O) groups is 1. The molecule has 6 nitrogen and oxygen atoms in total. The highest BCUT2D eigenvalue weighted by atomic mass is 127. The number of nitrogens with one attached hydrogen (secondary N) is 1. The largest absolute Gasteiger partial charge is 0.542 e. The van der Waals surface area contributed by atoms with Crippen LogP contribution in [0.5, 0.6) is 0 Å². The predicted octanol–water partition coefficient (Wildman–Crippen LogP) is 3.16. The Morgan fingerprint density at radius 1 is 1.35 bits per heavy atom. The van der Waals surface area contributed by atoms with Gasteiger partial charge in [0, 0.05) is 23.8 Å². The first-order valence-electron chi connectivity index (χ1n) is 7.30. The maximum Gasteiger partial charge on any atom is 0.542 e. The average molecular weight is 462 g/mol. The molecule has 1 aromatic rings. The summed E-state index contributed by atoms with van der Waals surface area (Å²) in [6.07, 6.45) is 7.02. The van der Waals surface area contributed by atoms with E-state index in [0.29, 0.717) is 12.1 Å². The first kappa shape index (κ1) is 23.2. The van der Waals surface area contributed by atoms with Crippen LogP contribution in [0.2, 0.25) is 0 Å². The van der Waals surface area contributed by atoms with Crippen LogP contribution < -0.4 is 10.2 Å². The van der Waals surface area contributed by atoms with E-state index in [1.54, 1.807) is 11.0 Å². The fraction of sp³-hybridized carbons (Fsp3) is 0.211. The molecule has 1 heterocycles. The van der Waals surface area contributed by atoms with Crippen molar-refractivity contribution in [1.29, 1.82) is 0 Å². The summed E-state index contributed by atoms with van der Waals surface area (Å²) >= 11 is 2.15. The Bertz CT molecular complexity index is 851. The van der Waals surface area contributed by atoms with E-state index in [4.69, 9.17) is 19.6 Å². The Morgan fingerprint density at radius 2 is 1.96 bits per heavy atom. The summed E-state index contributed by atoms with van der Waals surface area (Å²) in [4.78, 5) is 22.1. The molecular weight excluding hydrogens is 443 g/mol. The summed E-state index contributed by atoms with van der Waals surface area (Å²) in [6, 6.07) is 8.19. The van der Waals surface area contributed by atoms with Crippen molar-refractivity contribution in [1.82, 2.24) is 5.32 Å². The monoisotopic (exact) mass is 462 g/mol. The number of anilines is 1. The third kappa shape index (κ3) is 4.86. The number of benzene rings is 1. The summed E-state index contributed by atoms with van der Waals surface area (Å²) in [5.41, 5.74) is 3.22. The van der Waals surface area contributed by atoms with Gasteiger partial charge in [-0.1, -0.05) is 35.1 Å². The Kier molecular flexibility index (Phi) is 9.76. The molecule has 0 bridgehead atoms. The fourth-order valence-corrected chi connectivity index (χ4v) is 2.37. The van der Waals surface area contributed by atoms with E-state index in [2.05, 4.69) is 43.6 Å². The molecule has 2 rings (SSSR count). The summed E-state index contributed by atoms with van der Waals surface area (Å²) in [6.45, 7) is 18.5. The van der Waals surface area contributed by atoms with Crippen LogP contribution in [-0.2, 0) is 4.79 Å². The van der Waals surface area contributed by atoms with Gasteiger partial charge in [0.25, 0.3) is 5.91 Å². The van der Waals surface area contributed by atoms with Gasteiger partial charge in [0.05, 0.1) is 0 Å². The zero-order valence-corrected chi connectivity index (χ0v) is 16.9. The number of hydrogen-bond acceptors (Lipinski definition) is 2. The lowest BCUT2D eigenvalue weighted by Crippen LogP contribution is -2.17. The third-order valence-corrected chi connectivity index (χ3v) is 3.52. The van der Waals surface area contributed by atoms with Gasteiger partial charge in [0.2, 0.25) is 0 Å². The minimum absolute atomic E-state index is 0. The van der Waals surface area contributed by atoms with Crippen molar-refractivity contribution in [3.63, 3.8) is 0 Å². The molecular formula is C19H19IN4O2. The average Bonchev–Trinajstić information content (AvgIpc) is 3.00. The number of carbonyl (C=O) groups excluding carboxylic acids is 1. The summed E-state index contributed by atoms with van der Waals surface area (Å²) < 4.78 is 0. The minimum atomic E-state index is -0.315. The standard InChI is InChI=1S/C18H14N4O.CH3I.H2O/c1-6-22(7-2)13-8-9-14(12(3)10-13)15-11-16(21-18(15)23)17(19-4)20-5;1-2;/h1,8-11H,7H2,2-3H3,(H,21,23);1H3;1H2. The van der Waals surface area contributed by atoms with E-state index < -0.39 is 0 Å². The van der Waals surface area contributed by atoms with E-state index in [0.717, 1.165) is 16.8 Å². The van der Waals surface area contributed by atoms with E-state index in [1.807, 2.05) is 37.0 Å². The van der Waals surface area contributed by atoms with Crippen molar-refractivity contribution < 1.29 is 10.3 Å². The van der Waals surface area contributed by atoms with E-state index in [1.165, 1.54) is 0 Å². The van der Waals surface area contributed by atoms with Crippen molar-refractivity contribution in [2.24, 2.45) is 0 Å². The number of halogens is 1. The van der Waals surface area contributed by atoms with Crippen molar-refractivity contribution in [3.05, 3.63) is 69.8 Å². The number of aryl methyl sites for hydroxylation is 1. The molecule has 0 aliphatic carbocycles. The SMILES string of the molecule is CI.O.[C-]#[N+]C([N+]#[C-])=C1C=C(c2ccc(N(C#C)CC)cc2C)C(=O)N1. The van der Waals surface area contributed by atoms with Crippen molar-refractivity contribution in [2.75, 3.05) is 16.4 Å². The Balaban J connectivity index is 0.00000201. The molecule has 134 valence electrons. The molecule has 1 amide bonds. The number of terminal acetylenes is 1. The molecule has 0 radical (unpaired) electrons. The molecule has 1 aromatic carbocycles. The van der Waals surface area contributed by atoms with Crippen LogP contribution >= 0.6 is 22.6 Å². The molecule has 0 atom stereocenters. The number of nitrogens with zero attached hydrogens (tertiary/aromatic N) is 3. The van der Waals surface area contributed by atoms with Crippen LogP contribution in [0.15, 0.2) is 35.8 Å². The zero-order chi connectivity index (χ0) is 19.0. The van der Waals surface area contributed by atoms with E-state index in [9.17, 15) is 4.79 Å². The summed E-state index contributed by atoms with van der Waals surface area (Å²) in [7, 11) is 0. The molecule has 0 aromatic heterocycles. The molecule has 0 unspecified atom stereocenters. The second-order valence-corrected chi connectivity index (χ2v) is 4.85. The Labute approximate surface area is 167 Å². The summed E-state index contributed by atoms with van der Waals surface area (Å²) in [5.74, 6) is -0.461. The normalized spacial score (nSPS) is 11.3. The number of rotatable bonds is 3. The maximum absolute atomic E-state index is 12.1. The van der Waals surface area contributed by atoms with Crippen molar-refractivity contribution in [3.8, 4) is 12.5 Å². The van der Waals surface area contributed by atoms with Crippen LogP contribution in [0.3, 0.4) is 0 Å². The van der Waals surface area contributed by atoms with Crippen LogP contribution in [0.4, 0.5) is 5.69 Å². The van der Waals surface area contributed by atoms with E-state index >= 15 is 0 Å². The Morgan fingerprint density at radius 3 is 2.42 bits per heavy atom. The molecule has 7 heteroatoms. The zero-order valence-electron chi connectivity index (χ0n) is 14.7. The van der Waals surface area contributed by atoms with E-state index in [-0.39, 0.29) is 22.9 Å². The van der Waals surface area contributed by atoms with Gasteiger partial charge in [-0.15, -0.1) is 0 Å². The molecule has 0 fully saturated rings. The van der Waals surface area contributed by atoms with Crippen LogP contribution in [0.25, 0.3) is 15.3 Å². The smallest absolute Gasteiger partial charge is 0.412 e. The van der Waals surface area contributed by atoms with Gasteiger partial charge in [-0.05, 0) is 48.1 Å². The second kappa shape index (κ2) is 10.9. The van der Waals surface area contributed by atoms with Gasteiger partial charge in [-0.3, -0.25) is 4.79 Å². The number of allylic oxidation sites excluding steroid dienone is 1. The molecule has 0 spiro atoms. The quantitative estimate of drug-likeness (QED) is 0.247. The minimum Gasteiger partial charge on any atom is -0.412 e. The number of amides is 1. The molecule has 1 aliphatic rings. The lowest BCUT2D eigenvalue weighted by molar-refractivity contribution is -0.114. The molecule has 3 N–H and O–H groups in total. The lowest BCUT2D eigenvalue weighted by atomic mass is 10.00. The number of hydrogen-bond donors (Lipinski definition) is 1. The molecule has 0 saturated carbocycles.